The summed E-state index contributed by atoms with van der Waals surface area (Å²) in [6.45, 7) is 2.37. The van der Waals surface area contributed by atoms with Gasteiger partial charge in [0.2, 0.25) is 0 Å². The van der Waals surface area contributed by atoms with Gasteiger partial charge in [0.1, 0.15) is 5.82 Å². The molecule has 0 spiro atoms. The van der Waals surface area contributed by atoms with E-state index in [-0.39, 0.29) is 6.61 Å². The van der Waals surface area contributed by atoms with E-state index < -0.39 is 0 Å². The standard InChI is InChI=1S/C13H22N2O/c1-10-13(11-6-3-2-4-7-11)15-12(14-10)8-5-9-16/h11,16H,2-9H2,1H3,(H,14,15). The summed E-state index contributed by atoms with van der Waals surface area (Å²) in [5.41, 5.74) is 2.52. The zero-order valence-corrected chi connectivity index (χ0v) is 10.1. The Morgan fingerprint density at radius 3 is 2.75 bits per heavy atom. The van der Waals surface area contributed by atoms with Gasteiger partial charge in [-0.2, -0.15) is 0 Å². The number of nitrogens with zero attached hydrogens (tertiary/aromatic N) is 1. The molecule has 0 aromatic carbocycles. The maximum atomic E-state index is 8.81. The van der Waals surface area contributed by atoms with Crippen LogP contribution in [0.3, 0.4) is 0 Å². The molecule has 0 aliphatic heterocycles. The average molecular weight is 222 g/mol. The number of aromatic amines is 1. The third-order valence-corrected chi connectivity index (χ3v) is 3.53. The highest BCUT2D eigenvalue weighted by Crippen LogP contribution is 2.33. The van der Waals surface area contributed by atoms with Crippen molar-refractivity contribution < 1.29 is 5.11 Å². The number of aliphatic hydroxyl groups is 1. The third-order valence-electron chi connectivity index (χ3n) is 3.53. The number of aromatic nitrogens is 2. The van der Waals surface area contributed by atoms with Gasteiger partial charge in [-0.05, 0) is 26.2 Å². The van der Waals surface area contributed by atoms with Gasteiger partial charge in [0, 0.05) is 24.6 Å². The van der Waals surface area contributed by atoms with E-state index in [1.807, 2.05) is 0 Å². The van der Waals surface area contributed by atoms with Crippen LogP contribution in [-0.2, 0) is 6.42 Å². The van der Waals surface area contributed by atoms with E-state index in [9.17, 15) is 0 Å². The molecule has 1 heterocycles. The summed E-state index contributed by atoms with van der Waals surface area (Å²) >= 11 is 0. The van der Waals surface area contributed by atoms with Crippen molar-refractivity contribution in [2.75, 3.05) is 6.61 Å². The predicted octanol–water partition coefficient (Wildman–Crippen LogP) is 2.69. The minimum Gasteiger partial charge on any atom is -0.396 e. The van der Waals surface area contributed by atoms with Crippen molar-refractivity contribution >= 4 is 0 Å². The van der Waals surface area contributed by atoms with Crippen molar-refractivity contribution in [3.05, 3.63) is 17.2 Å². The van der Waals surface area contributed by atoms with Gasteiger partial charge in [-0.3, -0.25) is 0 Å². The number of aryl methyl sites for hydroxylation is 2. The van der Waals surface area contributed by atoms with Crippen LogP contribution in [-0.4, -0.2) is 21.7 Å². The maximum absolute atomic E-state index is 8.81. The van der Waals surface area contributed by atoms with Crippen molar-refractivity contribution in [2.24, 2.45) is 0 Å². The predicted molar refractivity (Wildman–Crippen MR) is 64.6 cm³/mol. The Labute approximate surface area is 97.3 Å². The summed E-state index contributed by atoms with van der Waals surface area (Å²) in [4.78, 5) is 8.06. The number of aliphatic hydroxyl groups excluding tert-OH is 1. The third kappa shape index (κ3) is 2.64. The van der Waals surface area contributed by atoms with Crippen molar-refractivity contribution in [2.45, 2.75) is 57.8 Å². The Morgan fingerprint density at radius 2 is 2.06 bits per heavy atom. The van der Waals surface area contributed by atoms with Crippen LogP contribution in [0.25, 0.3) is 0 Å². The molecule has 16 heavy (non-hydrogen) atoms. The molecule has 0 unspecified atom stereocenters. The van der Waals surface area contributed by atoms with Crippen LogP contribution >= 0.6 is 0 Å². The summed E-state index contributed by atoms with van der Waals surface area (Å²) in [5.74, 6) is 1.72. The fourth-order valence-electron chi connectivity index (χ4n) is 2.68. The van der Waals surface area contributed by atoms with Gasteiger partial charge >= 0.3 is 0 Å². The summed E-state index contributed by atoms with van der Waals surface area (Å²) in [5, 5.41) is 8.81. The molecule has 1 aliphatic carbocycles. The van der Waals surface area contributed by atoms with Crippen molar-refractivity contribution in [3.8, 4) is 0 Å². The molecule has 0 radical (unpaired) electrons. The van der Waals surface area contributed by atoms with Crippen molar-refractivity contribution in [1.29, 1.82) is 0 Å². The number of H-pyrrole nitrogens is 1. The first-order valence-electron chi connectivity index (χ1n) is 6.47. The zero-order valence-electron chi connectivity index (χ0n) is 10.1. The molecule has 2 rings (SSSR count). The van der Waals surface area contributed by atoms with Crippen LogP contribution in [0, 0.1) is 6.92 Å². The van der Waals surface area contributed by atoms with Gasteiger partial charge < -0.3 is 10.1 Å². The first-order chi connectivity index (χ1) is 7.81. The Kier molecular flexibility index (Phi) is 3.99. The van der Waals surface area contributed by atoms with E-state index in [2.05, 4.69) is 11.9 Å². The minimum absolute atomic E-state index is 0.249. The summed E-state index contributed by atoms with van der Waals surface area (Å²) in [7, 11) is 0. The van der Waals surface area contributed by atoms with Gasteiger partial charge in [0.05, 0.1) is 5.69 Å². The van der Waals surface area contributed by atoms with E-state index >= 15 is 0 Å². The minimum atomic E-state index is 0.249. The lowest BCUT2D eigenvalue weighted by molar-refractivity contribution is 0.287. The Hall–Kier alpha value is -0.830. The van der Waals surface area contributed by atoms with Crippen LogP contribution in [0.5, 0.6) is 0 Å². The first-order valence-corrected chi connectivity index (χ1v) is 6.47. The van der Waals surface area contributed by atoms with Gasteiger partial charge in [-0.25, -0.2) is 4.98 Å². The largest absolute Gasteiger partial charge is 0.396 e. The molecule has 3 nitrogen and oxygen atoms in total. The van der Waals surface area contributed by atoms with Crippen LogP contribution in [0.15, 0.2) is 0 Å². The molecule has 1 aliphatic rings. The lowest BCUT2D eigenvalue weighted by Gasteiger charge is -2.20. The fourth-order valence-corrected chi connectivity index (χ4v) is 2.68. The van der Waals surface area contributed by atoms with Crippen LogP contribution in [0.1, 0.15) is 61.7 Å². The molecule has 0 bridgehead atoms. The van der Waals surface area contributed by atoms with E-state index in [1.165, 1.54) is 43.5 Å². The van der Waals surface area contributed by atoms with Gasteiger partial charge in [-0.1, -0.05) is 19.3 Å². The van der Waals surface area contributed by atoms with Gasteiger partial charge in [0.15, 0.2) is 0 Å². The fraction of sp³-hybridized carbons (Fsp3) is 0.769. The molecule has 90 valence electrons. The van der Waals surface area contributed by atoms with Crippen molar-refractivity contribution in [1.82, 2.24) is 9.97 Å². The van der Waals surface area contributed by atoms with Crippen LogP contribution < -0.4 is 0 Å². The Morgan fingerprint density at radius 1 is 1.31 bits per heavy atom. The number of nitrogens with one attached hydrogen (secondary N) is 1. The average Bonchev–Trinajstić information content (AvgIpc) is 2.69. The van der Waals surface area contributed by atoms with E-state index in [4.69, 9.17) is 10.1 Å². The topological polar surface area (TPSA) is 48.9 Å². The Balaban J connectivity index is 2.04. The second kappa shape index (κ2) is 5.48. The lowest BCUT2D eigenvalue weighted by Crippen LogP contribution is -2.06. The molecule has 1 aromatic rings. The summed E-state index contributed by atoms with van der Waals surface area (Å²) in [6, 6.07) is 0. The van der Waals surface area contributed by atoms with Crippen LogP contribution in [0.4, 0.5) is 0 Å². The first kappa shape index (κ1) is 11.6. The molecule has 0 saturated heterocycles. The smallest absolute Gasteiger partial charge is 0.106 e. The molecule has 0 atom stereocenters. The van der Waals surface area contributed by atoms with Crippen LogP contribution in [0.2, 0.25) is 0 Å². The second-order valence-electron chi connectivity index (χ2n) is 4.86. The zero-order chi connectivity index (χ0) is 11.4. The molecular weight excluding hydrogens is 200 g/mol. The molecule has 0 amide bonds. The summed E-state index contributed by atoms with van der Waals surface area (Å²) in [6.07, 6.45) is 8.35. The molecule has 1 fully saturated rings. The Bertz CT molecular complexity index is 327. The monoisotopic (exact) mass is 222 g/mol. The quantitative estimate of drug-likeness (QED) is 0.823. The van der Waals surface area contributed by atoms with Gasteiger partial charge in [-0.15, -0.1) is 0 Å². The number of hydrogen-bond acceptors (Lipinski definition) is 2. The van der Waals surface area contributed by atoms with E-state index in [1.54, 1.807) is 0 Å². The highest BCUT2D eigenvalue weighted by Gasteiger charge is 2.20. The number of rotatable bonds is 4. The van der Waals surface area contributed by atoms with Crippen molar-refractivity contribution in [3.63, 3.8) is 0 Å². The molecule has 3 heteroatoms. The molecule has 2 N–H and O–H groups in total. The lowest BCUT2D eigenvalue weighted by atomic mass is 9.86. The second-order valence-corrected chi connectivity index (χ2v) is 4.86. The number of hydrogen-bond donors (Lipinski definition) is 2. The van der Waals surface area contributed by atoms with E-state index in [0.717, 1.165) is 18.7 Å². The maximum Gasteiger partial charge on any atom is 0.106 e. The molecule has 1 aromatic heterocycles. The number of imidazole rings is 1. The normalized spacial score (nSPS) is 17.9. The molecule has 1 saturated carbocycles. The summed E-state index contributed by atoms with van der Waals surface area (Å²) < 4.78 is 0. The highest BCUT2D eigenvalue weighted by molar-refractivity contribution is 5.18. The SMILES string of the molecule is Cc1[nH]c(CCCO)nc1C1CCCCC1. The van der Waals surface area contributed by atoms with E-state index in [0.29, 0.717) is 5.92 Å². The van der Waals surface area contributed by atoms with Gasteiger partial charge in [0.25, 0.3) is 0 Å². The molecular formula is C13H22N2O. The highest BCUT2D eigenvalue weighted by atomic mass is 16.2.